The predicted molar refractivity (Wildman–Crippen MR) is 62.7 cm³/mol. The minimum absolute atomic E-state index is 0.0454. The molecule has 1 aliphatic rings. The van der Waals surface area contributed by atoms with Crippen LogP contribution in [0.25, 0.3) is 0 Å². The molecule has 1 aromatic heterocycles. The molecule has 1 fully saturated rings. The van der Waals surface area contributed by atoms with E-state index in [1.54, 1.807) is 11.8 Å². The van der Waals surface area contributed by atoms with Gasteiger partial charge in [0, 0.05) is 18.3 Å². The zero-order valence-corrected chi connectivity index (χ0v) is 10.5. The summed E-state index contributed by atoms with van der Waals surface area (Å²) in [5.74, 6) is -0.0454. The molecule has 0 aliphatic carbocycles. The highest BCUT2D eigenvalue weighted by Gasteiger charge is 2.28. The lowest BCUT2D eigenvalue weighted by Gasteiger charge is -2.13. The summed E-state index contributed by atoms with van der Waals surface area (Å²) in [6, 6.07) is 0. The molecule has 0 saturated carbocycles. The maximum absolute atomic E-state index is 11.9. The van der Waals surface area contributed by atoms with Gasteiger partial charge in [0.05, 0.1) is 0 Å². The van der Waals surface area contributed by atoms with Crippen molar-refractivity contribution in [3.05, 3.63) is 9.47 Å². The van der Waals surface area contributed by atoms with Crippen LogP contribution < -0.4 is 0 Å². The number of amides is 1. The number of hydrogen-bond acceptors (Lipinski definition) is 5. The van der Waals surface area contributed by atoms with Gasteiger partial charge in [0.15, 0.2) is 0 Å². The maximum Gasteiger partial charge on any atom is 0.284 e. The van der Waals surface area contributed by atoms with Crippen molar-refractivity contribution in [2.45, 2.75) is 11.7 Å². The van der Waals surface area contributed by atoms with Gasteiger partial charge in [0.25, 0.3) is 5.91 Å². The Bertz CT molecular complexity index is 371. The monoisotopic (exact) mass is 263 g/mol. The molecule has 1 aliphatic heterocycles. The van der Waals surface area contributed by atoms with Crippen molar-refractivity contribution in [3.8, 4) is 0 Å². The summed E-state index contributed by atoms with van der Waals surface area (Å²) >= 11 is 8.58. The van der Waals surface area contributed by atoms with Crippen molar-refractivity contribution in [3.63, 3.8) is 0 Å². The van der Waals surface area contributed by atoms with E-state index in [4.69, 9.17) is 11.6 Å². The highest BCUT2D eigenvalue weighted by atomic mass is 35.5. The van der Waals surface area contributed by atoms with E-state index in [0.29, 0.717) is 14.7 Å². The van der Waals surface area contributed by atoms with E-state index < -0.39 is 0 Å². The molecule has 82 valence electrons. The van der Waals surface area contributed by atoms with Crippen LogP contribution in [-0.4, -0.2) is 45.6 Å². The van der Waals surface area contributed by atoms with E-state index in [2.05, 4.69) is 16.5 Å². The van der Waals surface area contributed by atoms with Crippen LogP contribution in [0.3, 0.4) is 0 Å². The number of halogens is 1. The normalized spacial score (nSPS) is 20.9. The molecule has 0 N–H and O–H groups in total. The number of hydrogen-bond donors (Lipinski definition) is 0. The van der Waals surface area contributed by atoms with Gasteiger partial charge in [-0.2, -0.15) is 11.8 Å². The van der Waals surface area contributed by atoms with E-state index in [1.807, 2.05) is 4.90 Å². The summed E-state index contributed by atoms with van der Waals surface area (Å²) in [6.07, 6.45) is 3.12. The summed E-state index contributed by atoms with van der Waals surface area (Å²) in [5, 5.41) is 8.32. The number of carbonyl (C=O) groups excluding carboxylic acids is 1. The zero-order chi connectivity index (χ0) is 10.8. The first-order chi connectivity index (χ1) is 7.20. The molecule has 1 unspecified atom stereocenters. The van der Waals surface area contributed by atoms with Gasteiger partial charge >= 0.3 is 0 Å². The lowest BCUT2D eigenvalue weighted by atomic mass is 10.4. The molecule has 1 amide bonds. The van der Waals surface area contributed by atoms with Crippen LogP contribution in [0, 0.1) is 0 Å². The molecule has 0 spiro atoms. The second-order valence-electron chi connectivity index (χ2n) is 3.26. The van der Waals surface area contributed by atoms with Crippen molar-refractivity contribution in [2.75, 3.05) is 19.3 Å². The average molecular weight is 264 g/mol. The molecule has 0 aromatic carbocycles. The fourth-order valence-electron chi connectivity index (χ4n) is 1.53. The van der Waals surface area contributed by atoms with Gasteiger partial charge < -0.3 is 4.90 Å². The Morgan fingerprint density at radius 1 is 1.67 bits per heavy atom. The van der Waals surface area contributed by atoms with Crippen LogP contribution in [0.2, 0.25) is 4.47 Å². The maximum atomic E-state index is 11.9. The average Bonchev–Trinajstić information content (AvgIpc) is 2.84. The summed E-state index contributed by atoms with van der Waals surface area (Å²) in [5.41, 5.74) is 0. The van der Waals surface area contributed by atoms with E-state index in [9.17, 15) is 4.79 Å². The minimum atomic E-state index is -0.0454. The van der Waals surface area contributed by atoms with Crippen LogP contribution in [0.15, 0.2) is 0 Å². The van der Waals surface area contributed by atoms with Gasteiger partial charge in [-0.25, -0.2) is 0 Å². The van der Waals surface area contributed by atoms with E-state index >= 15 is 0 Å². The first kappa shape index (κ1) is 11.2. The van der Waals surface area contributed by atoms with Crippen molar-refractivity contribution in [1.29, 1.82) is 0 Å². The number of aromatic nitrogens is 2. The molecule has 1 atom stereocenters. The van der Waals surface area contributed by atoms with Gasteiger partial charge in [0.2, 0.25) is 9.47 Å². The van der Waals surface area contributed by atoms with Crippen LogP contribution in [0.4, 0.5) is 0 Å². The third kappa shape index (κ3) is 2.43. The highest BCUT2D eigenvalue weighted by Crippen LogP contribution is 2.23. The molecule has 7 heteroatoms. The van der Waals surface area contributed by atoms with Gasteiger partial charge in [-0.3, -0.25) is 4.79 Å². The van der Waals surface area contributed by atoms with E-state index in [-0.39, 0.29) is 5.91 Å². The minimum Gasteiger partial charge on any atom is -0.335 e. The van der Waals surface area contributed by atoms with Crippen molar-refractivity contribution < 1.29 is 4.79 Å². The topological polar surface area (TPSA) is 46.1 Å². The van der Waals surface area contributed by atoms with E-state index in [0.717, 1.165) is 30.8 Å². The molecular weight excluding hydrogens is 254 g/mol. The smallest absolute Gasteiger partial charge is 0.284 e. The Balaban J connectivity index is 2.03. The molecule has 4 nitrogen and oxygen atoms in total. The first-order valence-electron chi connectivity index (χ1n) is 4.52. The zero-order valence-electron chi connectivity index (χ0n) is 8.14. The predicted octanol–water partition coefficient (Wildman–Crippen LogP) is 1.77. The van der Waals surface area contributed by atoms with Gasteiger partial charge in [-0.1, -0.05) is 11.3 Å². The molecule has 0 bridgehead atoms. The second-order valence-corrected chi connectivity index (χ2v) is 5.96. The number of thioether (sulfide) groups is 1. The van der Waals surface area contributed by atoms with Gasteiger partial charge in [-0.15, -0.1) is 10.2 Å². The molecule has 0 radical (unpaired) electrons. The van der Waals surface area contributed by atoms with E-state index in [1.165, 1.54) is 0 Å². The first-order valence-corrected chi connectivity index (χ1v) is 7.00. The lowest BCUT2D eigenvalue weighted by molar-refractivity contribution is 0.0792. The largest absolute Gasteiger partial charge is 0.335 e. The molecule has 15 heavy (non-hydrogen) atoms. The fourth-order valence-corrected chi connectivity index (χ4v) is 3.00. The quantitative estimate of drug-likeness (QED) is 0.816. The Labute approximate surface area is 101 Å². The Morgan fingerprint density at radius 3 is 3.00 bits per heavy atom. The molecule has 1 aromatic rings. The van der Waals surface area contributed by atoms with Crippen LogP contribution in [-0.2, 0) is 0 Å². The van der Waals surface area contributed by atoms with Crippen molar-refractivity contribution in [2.24, 2.45) is 0 Å². The molecule has 2 heterocycles. The van der Waals surface area contributed by atoms with Crippen LogP contribution >= 0.6 is 34.7 Å². The summed E-state index contributed by atoms with van der Waals surface area (Å²) in [6.45, 7) is 1.61. The number of nitrogens with zero attached hydrogens (tertiary/aromatic N) is 3. The SMILES string of the molecule is CSC1CCN(C(=O)c2nnc(Cl)s2)C1. The Morgan fingerprint density at radius 2 is 2.47 bits per heavy atom. The highest BCUT2D eigenvalue weighted by molar-refractivity contribution is 7.99. The standard InChI is InChI=1S/C8H10ClN3OS2/c1-14-5-2-3-12(4-5)7(13)6-10-11-8(9)15-6/h5H,2-4H2,1H3. The van der Waals surface area contributed by atoms with Crippen molar-refractivity contribution in [1.82, 2.24) is 15.1 Å². The van der Waals surface area contributed by atoms with Crippen molar-refractivity contribution >= 4 is 40.6 Å². The third-order valence-electron chi connectivity index (χ3n) is 2.35. The number of carbonyl (C=O) groups is 1. The third-order valence-corrected chi connectivity index (χ3v) is 4.41. The van der Waals surface area contributed by atoms with Gasteiger partial charge in [0.1, 0.15) is 0 Å². The summed E-state index contributed by atoms with van der Waals surface area (Å²) in [4.78, 5) is 13.7. The van der Waals surface area contributed by atoms with Crippen LogP contribution in [0.5, 0.6) is 0 Å². The second kappa shape index (κ2) is 4.67. The summed E-state index contributed by atoms with van der Waals surface area (Å²) < 4.78 is 0.318. The lowest BCUT2D eigenvalue weighted by Crippen LogP contribution is -2.28. The van der Waals surface area contributed by atoms with Gasteiger partial charge in [-0.05, 0) is 24.3 Å². The molecule has 1 saturated heterocycles. The molecule has 2 rings (SSSR count). The van der Waals surface area contributed by atoms with Crippen LogP contribution in [0.1, 0.15) is 16.2 Å². The number of likely N-dealkylation sites (tertiary alicyclic amines) is 1. The fraction of sp³-hybridized carbons (Fsp3) is 0.625. The Kier molecular flexibility index (Phi) is 3.48. The Hall–Kier alpha value is -0.330. The molecular formula is C8H10ClN3OS2. The number of rotatable bonds is 2. The summed E-state index contributed by atoms with van der Waals surface area (Å²) in [7, 11) is 0.